The summed E-state index contributed by atoms with van der Waals surface area (Å²) in [6.07, 6.45) is 0.641. The number of piperidine rings is 1. The molecule has 0 bridgehead atoms. The number of benzene rings is 1. The van der Waals surface area contributed by atoms with E-state index >= 15 is 0 Å². The molecular weight excluding hydrogens is 354 g/mol. The van der Waals surface area contributed by atoms with E-state index in [1.807, 2.05) is 24.3 Å². The molecular formula is C21H17N5O2. The lowest BCUT2D eigenvalue weighted by Gasteiger charge is -2.18. The van der Waals surface area contributed by atoms with Crippen LogP contribution in [0.3, 0.4) is 0 Å². The summed E-state index contributed by atoms with van der Waals surface area (Å²) >= 11 is 0. The minimum atomic E-state index is -1.60. The summed E-state index contributed by atoms with van der Waals surface area (Å²) in [5.41, 5.74) is 7.36. The van der Waals surface area contributed by atoms with E-state index in [2.05, 4.69) is 26.8 Å². The molecule has 3 N–H and O–H groups in total. The summed E-state index contributed by atoms with van der Waals surface area (Å²) in [5, 5.41) is 10.7. The standard InChI is InChI=1S/C21H17N5O2/c1-26-17-10-14(17)21(28,20(26)27)8-7-12-3-2-4-13(9-12)15-5-6-16-18(25-15)19(22)24-11-23-16/h2-6,9,11,14,17,28H,10H2,1H3,(H2,22,23,24)/t14-,17+,21-/m1/s1/i11D. The van der Waals surface area contributed by atoms with Crippen LogP contribution in [0.1, 0.15) is 13.4 Å². The summed E-state index contributed by atoms with van der Waals surface area (Å²) in [7, 11) is 1.71. The van der Waals surface area contributed by atoms with Crippen LogP contribution in [0.2, 0.25) is 0 Å². The summed E-state index contributed by atoms with van der Waals surface area (Å²) in [5.74, 6) is 5.47. The molecule has 1 aromatic carbocycles. The Morgan fingerprint density at radius 2 is 2.21 bits per heavy atom. The summed E-state index contributed by atoms with van der Waals surface area (Å²) < 4.78 is 7.55. The lowest BCUT2D eigenvalue weighted by Crippen LogP contribution is -2.41. The van der Waals surface area contributed by atoms with Crippen molar-refractivity contribution in [1.29, 1.82) is 0 Å². The van der Waals surface area contributed by atoms with Crippen molar-refractivity contribution in [3.05, 3.63) is 48.3 Å². The second-order valence-corrected chi connectivity index (χ2v) is 7.20. The van der Waals surface area contributed by atoms with Gasteiger partial charge in [0.25, 0.3) is 5.91 Å². The van der Waals surface area contributed by atoms with Crippen molar-refractivity contribution in [2.24, 2.45) is 5.92 Å². The predicted octanol–water partition coefficient (Wildman–Crippen LogP) is 1.22. The number of nitrogens with two attached hydrogens (primary N) is 1. The molecule has 138 valence electrons. The fourth-order valence-electron chi connectivity index (χ4n) is 3.78. The van der Waals surface area contributed by atoms with Gasteiger partial charge in [-0.25, -0.2) is 15.0 Å². The second kappa shape index (κ2) is 5.75. The minimum absolute atomic E-state index is 0.104. The average molecular weight is 372 g/mol. The van der Waals surface area contributed by atoms with Crippen LogP contribution in [-0.2, 0) is 4.79 Å². The molecule has 5 rings (SSSR count). The summed E-state index contributed by atoms with van der Waals surface area (Å²) in [6, 6.07) is 11.0. The number of amides is 1. The highest BCUT2D eigenvalue weighted by Crippen LogP contribution is 2.50. The van der Waals surface area contributed by atoms with Gasteiger partial charge in [0.2, 0.25) is 5.60 Å². The van der Waals surface area contributed by atoms with E-state index in [1.165, 1.54) is 0 Å². The number of carbonyl (C=O) groups is 1. The number of anilines is 1. The van der Waals surface area contributed by atoms with E-state index in [4.69, 9.17) is 7.10 Å². The van der Waals surface area contributed by atoms with Crippen molar-refractivity contribution in [2.75, 3.05) is 12.8 Å². The Morgan fingerprint density at radius 1 is 1.36 bits per heavy atom. The highest BCUT2D eigenvalue weighted by atomic mass is 16.3. The number of likely N-dealkylation sites (tertiary alicyclic amines) is 1. The Labute approximate surface area is 162 Å². The highest BCUT2D eigenvalue weighted by molar-refractivity contribution is 5.93. The molecule has 7 nitrogen and oxygen atoms in total. The van der Waals surface area contributed by atoms with E-state index in [0.29, 0.717) is 22.3 Å². The fourth-order valence-corrected chi connectivity index (χ4v) is 3.78. The molecule has 7 heteroatoms. The first kappa shape index (κ1) is 15.5. The van der Waals surface area contributed by atoms with E-state index in [0.717, 1.165) is 12.0 Å². The number of pyridine rings is 1. The van der Waals surface area contributed by atoms with Crippen LogP contribution in [0.25, 0.3) is 22.3 Å². The predicted molar refractivity (Wildman–Crippen MR) is 104 cm³/mol. The van der Waals surface area contributed by atoms with Crippen molar-refractivity contribution in [2.45, 2.75) is 18.1 Å². The molecule has 1 saturated carbocycles. The molecule has 2 aromatic heterocycles. The number of likely N-dealkylation sites (N-methyl/N-ethyl adjacent to an activating group) is 1. The maximum atomic E-state index is 12.3. The molecule has 1 amide bonds. The van der Waals surface area contributed by atoms with Crippen LogP contribution in [0.5, 0.6) is 0 Å². The molecule has 1 aliphatic heterocycles. The molecule has 1 aliphatic carbocycles. The number of hydrogen-bond acceptors (Lipinski definition) is 6. The molecule has 0 unspecified atom stereocenters. The summed E-state index contributed by atoms with van der Waals surface area (Å²) in [6.45, 7) is 0. The van der Waals surface area contributed by atoms with E-state index in [-0.39, 0.29) is 30.0 Å². The maximum Gasteiger partial charge on any atom is 0.267 e. The third kappa shape index (κ3) is 2.42. The van der Waals surface area contributed by atoms with Crippen molar-refractivity contribution in [1.82, 2.24) is 19.9 Å². The Hall–Kier alpha value is -3.50. The zero-order chi connectivity index (χ0) is 20.3. The Morgan fingerprint density at radius 3 is 3.00 bits per heavy atom. The molecule has 3 aromatic rings. The molecule has 2 aliphatic rings. The third-order valence-corrected chi connectivity index (χ3v) is 5.45. The number of rotatable bonds is 1. The van der Waals surface area contributed by atoms with Crippen LogP contribution >= 0.6 is 0 Å². The van der Waals surface area contributed by atoms with Gasteiger partial charge in [-0.1, -0.05) is 24.0 Å². The van der Waals surface area contributed by atoms with E-state index < -0.39 is 5.60 Å². The fraction of sp³-hybridized carbons (Fsp3) is 0.238. The SMILES string of the molecule is [2H]c1nc(N)c2nc(-c3cccc(C#C[C@]4(O)C(=O)N(C)[C@H]5C[C@H]54)c3)ccc2n1. The van der Waals surface area contributed by atoms with Crippen molar-refractivity contribution >= 4 is 22.8 Å². The lowest BCUT2D eigenvalue weighted by atomic mass is 9.98. The van der Waals surface area contributed by atoms with E-state index in [1.54, 1.807) is 24.1 Å². The first-order valence-electron chi connectivity index (χ1n) is 9.41. The highest BCUT2D eigenvalue weighted by Gasteiger charge is 2.66. The molecule has 0 radical (unpaired) electrons. The molecule has 0 spiro atoms. The van der Waals surface area contributed by atoms with Crippen LogP contribution in [-0.4, -0.2) is 49.6 Å². The van der Waals surface area contributed by atoms with Gasteiger partial charge < -0.3 is 15.7 Å². The number of carbonyl (C=O) groups excluding carboxylic acids is 1. The molecule has 28 heavy (non-hydrogen) atoms. The molecule has 3 atom stereocenters. The monoisotopic (exact) mass is 372 g/mol. The zero-order valence-electron chi connectivity index (χ0n) is 16.0. The lowest BCUT2D eigenvalue weighted by molar-refractivity contribution is -0.140. The van der Waals surface area contributed by atoms with Gasteiger partial charge in [-0.15, -0.1) is 0 Å². The zero-order valence-corrected chi connectivity index (χ0v) is 15.0. The largest absolute Gasteiger partial charge is 0.382 e. The number of nitrogen functional groups attached to an aromatic ring is 1. The quantitative estimate of drug-likeness (QED) is 0.622. The van der Waals surface area contributed by atoms with Gasteiger partial charge in [0.05, 0.1) is 11.2 Å². The molecule has 2 fully saturated rings. The van der Waals surface area contributed by atoms with Gasteiger partial charge in [-0.2, -0.15) is 0 Å². The van der Waals surface area contributed by atoms with E-state index in [9.17, 15) is 9.90 Å². The molecule has 3 heterocycles. The number of aliphatic hydroxyl groups is 1. The smallest absolute Gasteiger partial charge is 0.267 e. The van der Waals surface area contributed by atoms with Gasteiger partial charge in [0.15, 0.2) is 5.82 Å². The average Bonchev–Trinajstić information content (AvgIpc) is 3.49. The number of aromatic nitrogens is 3. The Balaban J connectivity index is 1.50. The summed E-state index contributed by atoms with van der Waals surface area (Å²) in [4.78, 5) is 26.3. The van der Waals surface area contributed by atoms with Crippen molar-refractivity contribution < 1.29 is 11.3 Å². The minimum Gasteiger partial charge on any atom is -0.382 e. The van der Waals surface area contributed by atoms with Gasteiger partial charge in [-0.05, 0) is 30.7 Å². The normalized spacial score (nSPS) is 25.9. The first-order valence-corrected chi connectivity index (χ1v) is 8.91. The molecule has 1 saturated heterocycles. The first-order chi connectivity index (χ1) is 13.9. The Kier molecular flexibility index (Phi) is 3.19. The number of hydrogen-bond donors (Lipinski definition) is 2. The second-order valence-electron chi connectivity index (χ2n) is 7.20. The maximum absolute atomic E-state index is 12.3. The van der Waals surface area contributed by atoms with Crippen LogP contribution in [0, 0.1) is 17.8 Å². The Bertz CT molecular complexity index is 1250. The van der Waals surface area contributed by atoms with Gasteiger partial charge in [0, 0.05) is 30.1 Å². The number of fused-ring (bicyclic) bond motifs is 2. The van der Waals surface area contributed by atoms with Crippen LogP contribution < -0.4 is 5.73 Å². The third-order valence-electron chi connectivity index (χ3n) is 5.45. The van der Waals surface area contributed by atoms with Gasteiger partial charge >= 0.3 is 0 Å². The van der Waals surface area contributed by atoms with Crippen molar-refractivity contribution in [3.63, 3.8) is 0 Å². The van der Waals surface area contributed by atoms with Crippen molar-refractivity contribution in [3.8, 4) is 23.1 Å². The number of nitrogens with zero attached hydrogens (tertiary/aromatic N) is 4. The van der Waals surface area contributed by atoms with Crippen LogP contribution in [0.4, 0.5) is 5.82 Å². The van der Waals surface area contributed by atoms with Gasteiger partial charge in [-0.3, -0.25) is 4.79 Å². The van der Waals surface area contributed by atoms with Gasteiger partial charge in [0.1, 0.15) is 13.2 Å². The van der Waals surface area contributed by atoms with Crippen LogP contribution in [0.15, 0.2) is 42.7 Å². The topological polar surface area (TPSA) is 105 Å².